The molecule has 0 amide bonds. The number of rotatable bonds is 9. The smallest absolute Gasteiger partial charge is 0.403 e. The Morgan fingerprint density at radius 3 is 2.43 bits per heavy atom. The molecule has 0 aromatic heterocycles. The average Bonchev–Trinajstić information content (AvgIpc) is 2.71. The van der Waals surface area contributed by atoms with Crippen molar-refractivity contribution in [1.29, 1.82) is 0 Å². The zero-order valence-electron chi connectivity index (χ0n) is 16.0. The van der Waals surface area contributed by atoms with Crippen LogP contribution in [0.15, 0.2) is 54.6 Å². The van der Waals surface area contributed by atoms with Gasteiger partial charge in [0.15, 0.2) is 0 Å². The highest BCUT2D eigenvalue weighted by molar-refractivity contribution is 14.1. The van der Waals surface area contributed by atoms with E-state index >= 15 is 0 Å². The molecule has 2 rings (SSSR count). The maximum Gasteiger partial charge on any atom is 0.403 e. The van der Waals surface area contributed by atoms with Crippen molar-refractivity contribution in [2.45, 2.75) is 16.5 Å². The molecule has 162 valence electrons. The third kappa shape index (κ3) is 7.70. The molecule has 0 fully saturated rings. The molecule has 0 saturated heterocycles. The summed E-state index contributed by atoms with van der Waals surface area (Å²) < 4.78 is 42.8. The lowest BCUT2D eigenvalue weighted by molar-refractivity contribution is -0.116. The molecule has 0 aliphatic rings. The molecule has 0 aliphatic carbocycles. The van der Waals surface area contributed by atoms with Gasteiger partial charge in [-0.3, -0.25) is 0 Å². The van der Waals surface area contributed by atoms with E-state index in [1.54, 1.807) is 48.2 Å². The first-order valence-electron chi connectivity index (χ1n) is 8.93. The second-order valence-electron chi connectivity index (χ2n) is 6.19. The van der Waals surface area contributed by atoms with E-state index in [1.165, 1.54) is 34.7 Å². The number of nitrogens with one attached hydrogen (secondary N) is 1. The van der Waals surface area contributed by atoms with Crippen molar-refractivity contribution in [2.24, 2.45) is 0 Å². The van der Waals surface area contributed by atoms with Gasteiger partial charge in [-0.1, -0.05) is 58.5 Å². The summed E-state index contributed by atoms with van der Waals surface area (Å²) in [7, 11) is 0. The van der Waals surface area contributed by atoms with Crippen LogP contribution in [-0.4, -0.2) is 34.7 Å². The molecule has 30 heavy (non-hydrogen) atoms. The van der Waals surface area contributed by atoms with Crippen molar-refractivity contribution in [2.75, 3.05) is 23.9 Å². The number of para-hydroxylation sites is 1. The number of ether oxygens (including phenoxy) is 1. The molecule has 9 heteroatoms. The quantitative estimate of drug-likeness (QED) is 0.152. The number of esters is 1. The van der Waals surface area contributed by atoms with Crippen molar-refractivity contribution >= 4 is 63.3 Å². The highest BCUT2D eigenvalue weighted by atomic mass is 127. The van der Waals surface area contributed by atoms with Gasteiger partial charge in [-0.2, -0.15) is 24.9 Å². The van der Waals surface area contributed by atoms with E-state index < -0.39 is 16.1 Å². The first-order valence-corrected chi connectivity index (χ1v) is 11.9. The van der Waals surface area contributed by atoms with E-state index in [0.717, 1.165) is 18.2 Å². The number of alkyl halides is 4. The van der Waals surface area contributed by atoms with Crippen LogP contribution < -0.4 is 5.32 Å². The number of hydrogen-bond donors (Lipinski definition) is 1. The van der Waals surface area contributed by atoms with E-state index in [1.807, 2.05) is 6.26 Å². The highest BCUT2D eigenvalue weighted by Crippen LogP contribution is 2.32. The first-order chi connectivity index (χ1) is 14.2. The maximum atomic E-state index is 13.1. The second-order valence-corrected chi connectivity index (χ2v) is 8.92. The van der Waals surface area contributed by atoms with Crippen LogP contribution in [-0.2, 0) is 4.74 Å². The molecule has 1 N–H and O–H groups in total. The molecular formula is C21H20ClF3INO2S. The Balaban J connectivity index is 2.24. The molecule has 0 heterocycles. The summed E-state index contributed by atoms with van der Waals surface area (Å²) in [5, 5.41) is 3.35. The normalized spacial score (nSPS) is 13.1. The molecule has 0 saturated carbocycles. The van der Waals surface area contributed by atoms with Crippen LogP contribution in [0.4, 0.5) is 18.9 Å². The number of benzene rings is 2. The van der Waals surface area contributed by atoms with Crippen molar-refractivity contribution in [3.8, 4) is 0 Å². The molecule has 2 aromatic carbocycles. The van der Waals surface area contributed by atoms with Gasteiger partial charge in [0, 0.05) is 5.70 Å². The summed E-state index contributed by atoms with van der Waals surface area (Å²) in [5.74, 6) is 0.430. The van der Waals surface area contributed by atoms with E-state index in [-0.39, 0.29) is 5.70 Å². The van der Waals surface area contributed by atoms with Crippen molar-refractivity contribution < 1.29 is 22.7 Å². The fourth-order valence-electron chi connectivity index (χ4n) is 2.40. The van der Waals surface area contributed by atoms with Crippen LogP contribution in [0.25, 0.3) is 5.70 Å². The van der Waals surface area contributed by atoms with Crippen molar-refractivity contribution in [1.82, 2.24) is 0 Å². The molecule has 3 nitrogen and oxygen atoms in total. The van der Waals surface area contributed by atoms with Gasteiger partial charge in [0.25, 0.3) is 0 Å². The van der Waals surface area contributed by atoms with Crippen LogP contribution in [0.2, 0.25) is 5.02 Å². The van der Waals surface area contributed by atoms with Gasteiger partial charge in [0.05, 0.1) is 22.9 Å². The SMILES string of the molecule is CSCCCOC(=O)c1ccc(/C(=C/C(I)C(F)(F)F)Nc2ccccc2Cl)cc1. The lowest BCUT2D eigenvalue weighted by Crippen LogP contribution is -2.21. The standard InChI is InChI=1S/C21H20ClF3INO2S/c1-30-12-4-11-29-20(28)15-9-7-14(8-10-15)18(13-19(26)21(23,24)25)27-17-6-3-2-5-16(17)22/h2-3,5-10,13,19,27H,4,11-12H2,1H3/b18-13-. The summed E-state index contributed by atoms with van der Waals surface area (Å²) >= 11 is 9.14. The van der Waals surface area contributed by atoms with Crippen LogP contribution >= 0.6 is 46.0 Å². The zero-order chi connectivity index (χ0) is 22.1. The number of anilines is 1. The van der Waals surface area contributed by atoms with Gasteiger partial charge in [0.1, 0.15) is 3.92 Å². The molecule has 0 spiro atoms. The Bertz CT molecular complexity index is 875. The summed E-state index contributed by atoms with van der Waals surface area (Å²) in [6.07, 6.45) is -0.580. The van der Waals surface area contributed by atoms with Crippen LogP contribution in [0.1, 0.15) is 22.3 Å². The third-order valence-corrected chi connectivity index (χ3v) is 6.02. The Labute approximate surface area is 196 Å². The van der Waals surface area contributed by atoms with Gasteiger partial charge < -0.3 is 10.1 Å². The molecule has 0 bridgehead atoms. The second kappa shape index (κ2) is 11.9. The Hall–Kier alpha value is -1.39. The van der Waals surface area contributed by atoms with Crippen LogP contribution in [0.5, 0.6) is 0 Å². The van der Waals surface area contributed by atoms with Gasteiger partial charge in [0.2, 0.25) is 0 Å². The predicted molar refractivity (Wildman–Crippen MR) is 127 cm³/mol. The topological polar surface area (TPSA) is 38.3 Å². The van der Waals surface area contributed by atoms with Crippen molar-refractivity contribution in [3.63, 3.8) is 0 Å². The van der Waals surface area contributed by atoms with Crippen LogP contribution in [0, 0.1) is 0 Å². The summed E-state index contributed by atoms with van der Waals surface area (Å²) in [5.41, 5.74) is 1.54. The number of thioether (sulfide) groups is 1. The fourth-order valence-corrected chi connectivity index (χ4v) is 3.34. The van der Waals surface area contributed by atoms with E-state index in [2.05, 4.69) is 5.32 Å². The number of allylic oxidation sites excluding steroid dienone is 1. The Morgan fingerprint density at radius 2 is 1.83 bits per heavy atom. The van der Waals surface area contributed by atoms with E-state index in [0.29, 0.717) is 28.4 Å². The van der Waals surface area contributed by atoms with E-state index in [4.69, 9.17) is 16.3 Å². The Kier molecular flexibility index (Phi) is 9.83. The predicted octanol–water partition coefficient (Wildman–Crippen LogP) is 7.07. The summed E-state index contributed by atoms with van der Waals surface area (Å²) in [6.45, 7) is 0.322. The number of halogens is 5. The molecular weight excluding hydrogens is 550 g/mol. The van der Waals surface area contributed by atoms with Gasteiger partial charge in [-0.25, -0.2) is 4.79 Å². The zero-order valence-corrected chi connectivity index (χ0v) is 19.7. The highest BCUT2D eigenvalue weighted by Gasteiger charge is 2.36. The minimum absolute atomic E-state index is 0.236. The molecule has 1 unspecified atom stereocenters. The van der Waals surface area contributed by atoms with Crippen LogP contribution in [0.3, 0.4) is 0 Å². The number of carbonyl (C=O) groups excluding carboxylic acids is 1. The Morgan fingerprint density at radius 1 is 1.20 bits per heavy atom. The lowest BCUT2D eigenvalue weighted by atomic mass is 10.1. The van der Waals surface area contributed by atoms with E-state index in [9.17, 15) is 18.0 Å². The molecule has 0 radical (unpaired) electrons. The average molecular weight is 570 g/mol. The monoisotopic (exact) mass is 569 g/mol. The molecule has 1 atom stereocenters. The number of hydrogen-bond acceptors (Lipinski definition) is 4. The van der Waals surface area contributed by atoms with Crippen molar-refractivity contribution in [3.05, 3.63) is 70.8 Å². The fraction of sp³-hybridized carbons (Fsp3) is 0.286. The summed E-state index contributed by atoms with van der Waals surface area (Å²) in [6, 6.07) is 13.0. The van der Waals surface area contributed by atoms with Gasteiger partial charge >= 0.3 is 12.1 Å². The minimum Gasteiger partial charge on any atom is -0.462 e. The van der Waals surface area contributed by atoms with Gasteiger partial charge in [-0.15, -0.1) is 0 Å². The lowest BCUT2D eigenvalue weighted by Gasteiger charge is -2.17. The first kappa shape index (κ1) is 24.9. The molecule has 0 aliphatic heterocycles. The number of carbonyl (C=O) groups is 1. The summed E-state index contributed by atoms with van der Waals surface area (Å²) in [4.78, 5) is 12.1. The van der Waals surface area contributed by atoms with Gasteiger partial charge in [-0.05, 0) is 54.3 Å². The molecule has 2 aromatic rings. The maximum absolute atomic E-state index is 13.1. The largest absolute Gasteiger partial charge is 0.462 e. The third-order valence-electron chi connectivity index (χ3n) is 3.93. The minimum atomic E-state index is -4.39.